The molecule has 0 heterocycles. The van der Waals surface area contributed by atoms with Crippen LogP contribution in [0.2, 0.25) is 0 Å². The quantitative estimate of drug-likeness (QED) is 0.377. The molecule has 0 aromatic carbocycles. The molecule has 0 saturated heterocycles. The van der Waals surface area contributed by atoms with Crippen LogP contribution in [0.15, 0.2) is 0 Å². The Hall–Kier alpha value is -0.500. The van der Waals surface area contributed by atoms with Crippen LogP contribution in [0.5, 0.6) is 0 Å². The van der Waals surface area contributed by atoms with Gasteiger partial charge in [-0.15, -0.1) is 0 Å². The Morgan fingerprint density at radius 2 is 1.81 bits per heavy atom. The first-order chi connectivity index (χ1) is 7.33. The molecule has 0 spiro atoms. The molecule has 0 aliphatic rings. The summed E-state index contributed by atoms with van der Waals surface area (Å²) in [6.45, 7) is 1.36. The van der Waals surface area contributed by atoms with Crippen molar-refractivity contribution in [3.05, 3.63) is 0 Å². The molecule has 8 nitrogen and oxygen atoms in total. The molecular formula is C7H15O8P. The second-order valence-corrected chi connectivity index (χ2v) is 4.03. The summed E-state index contributed by atoms with van der Waals surface area (Å²) >= 11 is 0. The summed E-state index contributed by atoms with van der Waals surface area (Å²) < 4.78 is 24.0. The summed E-state index contributed by atoms with van der Waals surface area (Å²) in [6, 6.07) is 0. The van der Waals surface area contributed by atoms with Gasteiger partial charge in [0.1, 0.15) is 0 Å². The smallest absolute Gasteiger partial charge is 0.469 e. The van der Waals surface area contributed by atoms with Crippen LogP contribution in [0, 0.1) is 0 Å². The number of carboxylic acids is 1. The van der Waals surface area contributed by atoms with Crippen LogP contribution in [-0.2, 0) is 23.4 Å². The molecule has 0 amide bonds. The van der Waals surface area contributed by atoms with Crippen LogP contribution < -0.4 is 0 Å². The Kier molecular flexibility index (Phi) is 7.48. The third-order valence-electron chi connectivity index (χ3n) is 1.43. The van der Waals surface area contributed by atoms with Crippen molar-refractivity contribution in [2.75, 3.05) is 26.4 Å². The van der Waals surface area contributed by atoms with E-state index in [0.29, 0.717) is 0 Å². The lowest BCUT2D eigenvalue weighted by molar-refractivity contribution is -0.150. The lowest BCUT2D eigenvalue weighted by atomic mass is 10.4. The molecule has 3 N–H and O–H groups in total. The molecule has 0 aliphatic carbocycles. The summed E-state index contributed by atoms with van der Waals surface area (Å²) in [4.78, 5) is 26.9. The molecule has 0 aliphatic heterocycles. The number of rotatable bonds is 9. The van der Waals surface area contributed by atoms with Crippen molar-refractivity contribution in [3.63, 3.8) is 0 Å². The van der Waals surface area contributed by atoms with Gasteiger partial charge in [0.25, 0.3) is 0 Å². The van der Waals surface area contributed by atoms with Crippen LogP contribution in [0.25, 0.3) is 0 Å². The maximum Gasteiger partial charge on any atom is 0.469 e. The number of carboxylic acid groups (broad SMARTS) is 1. The second kappa shape index (κ2) is 7.72. The first-order valence-electron chi connectivity index (χ1n) is 4.45. The van der Waals surface area contributed by atoms with Gasteiger partial charge < -0.3 is 24.4 Å². The van der Waals surface area contributed by atoms with Gasteiger partial charge in [0.2, 0.25) is 0 Å². The number of hydrogen-bond acceptors (Lipinski definition) is 5. The van der Waals surface area contributed by atoms with Crippen molar-refractivity contribution in [1.82, 2.24) is 0 Å². The molecule has 0 bridgehead atoms. The number of phosphoric ester groups is 1. The summed E-state index contributed by atoms with van der Waals surface area (Å²) in [6.07, 6.45) is -0.907. The molecule has 1 atom stereocenters. The lowest BCUT2D eigenvalue weighted by Gasteiger charge is -2.09. The number of phosphoric acid groups is 1. The highest BCUT2D eigenvalue weighted by molar-refractivity contribution is 7.46. The van der Waals surface area contributed by atoms with E-state index in [4.69, 9.17) is 24.4 Å². The number of hydrogen-bond donors (Lipinski definition) is 3. The predicted octanol–water partition coefficient (Wildman–Crippen LogP) is -0.398. The van der Waals surface area contributed by atoms with E-state index in [9.17, 15) is 9.36 Å². The Labute approximate surface area is 92.4 Å². The minimum absolute atomic E-state index is 0.00405. The van der Waals surface area contributed by atoms with Crippen molar-refractivity contribution in [3.8, 4) is 0 Å². The molecule has 9 heteroatoms. The molecule has 96 valence electrons. The van der Waals surface area contributed by atoms with E-state index in [2.05, 4.69) is 4.52 Å². The van der Waals surface area contributed by atoms with Crippen molar-refractivity contribution < 1.29 is 38.3 Å². The Bertz CT molecular complexity index is 249. The van der Waals surface area contributed by atoms with Crippen molar-refractivity contribution >= 4 is 13.8 Å². The highest BCUT2D eigenvalue weighted by Gasteiger charge is 2.13. The standard InChI is InChI=1S/C7H15O8P/c1-6(7(8)9)14-4-2-13-3-5-15-16(10,11)12/h6H,2-5H2,1H3,(H,8,9)(H2,10,11,12). The van der Waals surface area contributed by atoms with Gasteiger partial charge in [0, 0.05) is 0 Å². The molecule has 1 unspecified atom stereocenters. The average molecular weight is 258 g/mol. The van der Waals surface area contributed by atoms with Gasteiger partial charge in [0.15, 0.2) is 6.10 Å². The maximum absolute atomic E-state index is 10.3. The third kappa shape index (κ3) is 10.0. The van der Waals surface area contributed by atoms with Gasteiger partial charge in [-0.05, 0) is 6.92 Å². The largest absolute Gasteiger partial charge is 0.479 e. The number of carbonyl (C=O) groups is 1. The first-order valence-corrected chi connectivity index (χ1v) is 5.98. The summed E-state index contributed by atoms with van der Waals surface area (Å²) in [5.74, 6) is -1.06. The molecule has 0 rings (SSSR count). The fraction of sp³-hybridized carbons (Fsp3) is 0.857. The zero-order valence-electron chi connectivity index (χ0n) is 8.74. The Morgan fingerprint density at radius 1 is 1.25 bits per heavy atom. The summed E-state index contributed by atoms with van der Waals surface area (Å²) in [5, 5.41) is 8.44. The highest BCUT2D eigenvalue weighted by Crippen LogP contribution is 2.35. The molecule has 0 saturated carbocycles. The van der Waals surface area contributed by atoms with E-state index in [1.807, 2.05) is 0 Å². The van der Waals surface area contributed by atoms with E-state index < -0.39 is 19.9 Å². The molecule has 0 fully saturated rings. The highest BCUT2D eigenvalue weighted by atomic mass is 31.2. The van der Waals surface area contributed by atoms with Gasteiger partial charge in [0.05, 0.1) is 26.4 Å². The van der Waals surface area contributed by atoms with Crippen molar-refractivity contribution in [2.24, 2.45) is 0 Å². The van der Waals surface area contributed by atoms with E-state index >= 15 is 0 Å². The van der Waals surface area contributed by atoms with E-state index in [1.54, 1.807) is 0 Å². The lowest BCUT2D eigenvalue weighted by Crippen LogP contribution is -2.22. The topological polar surface area (TPSA) is 123 Å². The molecule has 0 radical (unpaired) electrons. The Balaban J connectivity index is 3.28. The van der Waals surface area contributed by atoms with Crippen LogP contribution in [0.3, 0.4) is 0 Å². The monoisotopic (exact) mass is 258 g/mol. The van der Waals surface area contributed by atoms with Crippen molar-refractivity contribution in [1.29, 1.82) is 0 Å². The van der Waals surface area contributed by atoms with Gasteiger partial charge in [-0.3, -0.25) is 4.52 Å². The van der Waals surface area contributed by atoms with Gasteiger partial charge in [-0.25, -0.2) is 9.36 Å². The maximum atomic E-state index is 10.3. The van der Waals surface area contributed by atoms with Crippen LogP contribution in [-0.4, -0.2) is 53.4 Å². The minimum Gasteiger partial charge on any atom is -0.479 e. The van der Waals surface area contributed by atoms with Gasteiger partial charge in [-0.1, -0.05) is 0 Å². The second-order valence-electron chi connectivity index (χ2n) is 2.79. The fourth-order valence-electron chi connectivity index (χ4n) is 0.672. The zero-order valence-corrected chi connectivity index (χ0v) is 9.63. The summed E-state index contributed by atoms with van der Waals surface area (Å²) in [7, 11) is -4.44. The van der Waals surface area contributed by atoms with Crippen LogP contribution in [0.4, 0.5) is 0 Å². The molecule has 16 heavy (non-hydrogen) atoms. The Morgan fingerprint density at radius 3 is 2.31 bits per heavy atom. The van der Waals surface area contributed by atoms with Crippen LogP contribution in [0.1, 0.15) is 6.92 Å². The van der Waals surface area contributed by atoms with E-state index in [0.717, 1.165) is 0 Å². The predicted molar refractivity (Wildman–Crippen MR) is 51.9 cm³/mol. The molecule has 0 aromatic rings. The van der Waals surface area contributed by atoms with Crippen LogP contribution >= 0.6 is 7.82 Å². The number of aliphatic carboxylic acids is 1. The van der Waals surface area contributed by atoms with Gasteiger partial charge >= 0.3 is 13.8 Å². The zero-order chi connectivity index (χ0) is 12.6. The van der Waals surface area contributed by atoms with E-state index in [-0.39, 0.29) is 26.4 Å². The molecular weight excluding hydrogens is 243 g/mol. The fourth-order valence-corrected chi connectivity index (χ4v) is 0.985. The van der Waals surface area contributed by atoms with Gasteiger partial charge in [-0.2, -0.15) is 0 Å². The normalized spacial score (nSPS) is 13.7. The van der Waals surface area contributed by atoms with E-state index in [1.165, 1.54) is 6.92 Å². The number of ether oxygens (including phenoxy) is 2. The third-order valence-corrected chi connectivity index (χ3v) is 1.95. The minimum atomic E-state index is -4.44. The molecule has 0 aromatic heterocycles. The average Bonchev–Trinajstić information content (AvgIpc) is 2.14. The van der Waals surface area contributed by atoms with Crippen molar-refractivity contribution in [2.45, 2.75) is 13.0 Å². The SMILES string of the molecule is CC(OCCOCCOP(=O)(O)O)C(=O)O. The summed E-state index contributed by atoms with van der Waals surface area (Å²) in [5.41, 5.74) is 0. The first kappa shape index (κ1) is 15.5.